The fourth-order valence-electron chi connectivity index (χ4n) is 3.27. The quantitative estimate of drug-likeness (QED) is 0.550. The second-order valence-corrected chi connectivity index (χ2v) is 6.10. The summed E-state index contributed by atoms with van der Waals surface area (Å²) in [6.45, 7) is 3.87. The Morgan fingerprint density at radius 3 is 2.50 bits per heavy atom. The normalized spacial score (nSPS) is 11.1. The van der Waals surface area contributed by atoms with E-state index in [-0.39, 0.29) is 0 Å². The number of imidazole rings is 1. The highest BCUT2D eigenvalue weighted by molar-refractivity contribution is 5.86. The van der Waals surface area contributed by atoms with Crippen LogP contribution in [0.1, 0.15) is 11.5 Å². The number of pyridine rings is 1. The van der Waals surface area contributed by atoms with Gasteiger partial charge in [-0.15, -0.1) is 0 Å². The highest BCUT2D eigenvalue weighted by Crippen LogP contribution is 2.36. The van der Waals surface area contributed by atoms with Crippen LogP contribution < -0.4 is 9.47 Å². The first-order valence-electron chi connectivity index (χ1n) is 8.23. The summed E-state index contributed by atoms with van der Waals surface area (Å²) in [5.41, 5.74) is 5.94. The molecule has 0 unspecified atom stereocenters. The minimum absolute atomic E-state index is 0.689. The van der Waals surface area contributed by atoms with Gasteiger partial charge in [-0.3, -0.25) is 0 Å². The van der Waals surface area contributed by atoms with Gasteiger partial charge < -0.3 is 18.4 Å². The molecule has 6 nitrogen and oxygen atoms in total. The molecule has 0 saturated carbocycles. The third-order valence-corrected chi connectivity index (χ3v) is 4.54. The molecule has 0 radical (unpaired) electrons. The summed E-state index contributed by atoms with van der Waals surface area (Å²) >= 11 is 0. The van der Waals surface area contributed by atoms with E-state index in [1.807, 2.05) is 48.8 Å². The van der Waals surface area contributed by atoms with Gasteiger partial charge in [-0.25, -0.2) is 4.98 Å². The molecule has 0 aliphatic heterocycles. The molecule has 3 heterocycles. The molecule has 0 aliphatic carbocycles. The SMILES string of the molecule is COc1ccc(-c2cc(-c3c(C)noc3C)c3cncn3c2)cc1OC. The lowest BCUT2D eigenvalue weighted by Crippen LogP contribution is -1.93. The average Bonchev–Trinajstić information content (AvgIpc) is 3.26. The molecule has 0 atom stereocenters. The molecule has 0 spiro atoms. The van der Waals surface area contributed by atoms with Crippen molar-refractivity contribution in [1.29, 1.82) is 0 Å². The molecule has 0 aliphatic rings. The third kappa shape index (κ3) is 2.50. The van der Waals surface area contributed by atoms with Gasteiger partial charge in [0, 0.05) is 17.3 Å². The van der Waals surface area contributed by atoms with Gasteiger partial charge in [0.2, 0.25) is 0 Å². The summed E-state index contributed by atoms with van der Waals surface area (Å²) in [7, 11) is 3.26. The summed E-state index contributed by atoms with van der Waals surface area (Å²) in [4.78, 5) is 4.29. The van der Waals surface area contributed by atoms with E-state index in [2.05, 4.69) is 16.2 Å². The molecule has 6 heteroatoms. The summed E-state index contributed by atoms with van der Waals surface area (Å²) in [5.74, 6) is 2.18. The Bertz CT molecular complexity index is 1080. The molecule has 0 fully saturated rings. The summed E-state index contributed by atoms with van der Waals surface area (Å²) in [5, 5.41) is 4.09. The predicted molar refractivity (Wildman–Crippen MR) is 98.7 cm³/mol. The van der Waals surface area contributed by atoms with E-state index < -0.39 is 0 Å². The number of aromatic nitrogens is 3. The summed E-state index contributed by atoms with van der Waals surface area (Å²) < 4.78 is 18.2. The van der Waals surface area contributed by atoms with Crippen LogP contribution in [0.25, 0.3) is 27.8 Å². The van der Waals surface area contributed by atoms with Crippen LogP contribution in [0.4, 0.5) is 0 Å². The first kappa shape index (κ1) is 16.2. The van der Waals surface area contributed by atoms with Crippen molar-refractivity contribution in [1.82, 2.24) is 14.5 Å². The van der Waals surface area contributed by atoms with Gasteiger partial charge in [0.25, 0.3) is 0 Å². The Hall–Kier alpha value is -3.28. The van der Waals surface area contributed by atoms with Crippen molar-refractivity contribution in [3.63, 3.8) is 0 Å². The van der Waals surface area contributed by atoms with E-state index in [0.29, 0.717) is 11.5 Å². The van der Waals surface area contributed by atoms with Crippen molar-refractivity contribution >= 4 is 5.52 Å². The van der Waals surface area contributed by atoms with Gasteiger partial charge in [0.15, 0.2) is 11.5 Å². The monoisotopic (exact) mass is 349 g/mol. The molecule has 26 heavy (non-hydrogen) atoms. The largest absolute Gasteiger partial charge is 0.493 e. The van der Waals surface area contributed by atoms with E-state index in [1.165, 1.54) is 0 Å². The zero-order valence-corrected chi connectivity index (χ0v) is 15.1. The van der Waals surface area contributed by atoms with Crippen LogP contribution in [0.2, 0.25) is 0 Å². The Balaban J connectivity index is 1.95. The number of fused-ring (bicyclic) bond motifs is 1. The van der Waals surface area contributed by atoms with E-state index >= 15 is 0 Å². The lowest BCUT2D eigenvalue weighted by atomic mass is 9.99. The van der Waals surface area contributed by atoms with Crippen LogP contribution in [-0.4, -0.2) is 28.8 Å². The van der Waals surface area contributed by atoms with Crippen molar-refractivity contribution in [2.24, 2.45) is 0 Å². The second kappa shape index (κ2) is 6.22. The minimum atomic E-state index is 0.689. The Morgan fingerprint density at radius 1 is 1.00 bits per heavy atom. The van der Waals surface area contributed by atoms with Crippen LogP contribution in [-0.2, 0) is 0 Å². The molecule has 0 saturated heterocycles. The topological polar surface area (TPSA) is 61.8 Å². The second-order valence-electron chi connectivity index (χ2n) is 6.10. The lowest BCUT2D eigenvalue weighted by Gasteiger charge is -2.12. The smallest absolute Gasteiger partial charge is 0.161 e. The maximum Gasteiger partial charge on any atom is 0.161 e. The van der Waals surface area contributed by atoms with Crippen LogP contribution in [0.15, 0.2) is 47.5 Å². The van der Waals surface area contributed by atoms with Crippen LogP contribution in [0.3, 0.4) is 0 Å². The summed E-state index contributed by atoms with van der Waals surface area (Å²) in [6, 6.07) is 8.01. The minimum Gasteiger partial charge on any atom is -0.493 e. The molecule has 0 N–H and O–H groups in total. The number of hydrogen-bond donors (Lipinski definition) is 0. The van der Waals surface area contributed by atoms with Gasteiger partial charge >= 0.3 is 0 Å². The number of nitrogens with zero attached hydrogens (tertiary/aromatic N) is 3. The standard InChI is InChI=1S/C20H19N3O3/c1-12-20(13(2)26-22-12)16-7-15(10-23-11-21-9-17(16)23)14-5-6-18(24-3)19(8-14)25-4/h5-11H,1-4H3. The molecule has 132 valence electrons. The number of hydrogen-bond acceptors (Lipinski definition) is 5. The van der Waals surface area contributed by atoms with Gasteiger partial charge in [0.1, 0.15) is 5.76 Å². The number of rotatable bonds is 4. The van der Waals surface area contributed by atoms with Gasteiger partial charge in [-0.05, 0) is 43.2 Å². The molecule has 1 aromatic carbocycles. The molecule has 4 aromatic rings. The highest BCUT2D eigenvalue weighted by atomic mass is 16.5. The molecule has 0 bridgehead atoms. The fraction of sp³-hybridized carbons (Fsp3) is 0.200. The zero-order chi connectivity index (χ0) is 18.3. The number of methoxy groups -OCH3 is 2. The molecule has 0 amide bonds. The molecule has 4 rings (SSSR count). The Labute approximate surface area is 151 Å². The first-order valence-corrected chi connectivity index (χ1v) is 8.23. The van der Waals surface area contributed by atoms with Crippen molar-refractivity contribution in [2.75, 3.05) is 14.2 Å². The molecule has 3 aromatic heterocycles. The summed E-state index contributed by atoms with van der Waals surface area (Å²) in [6.07, 6.45) is 5.69. The number of ether oxygens (including phenoxy) is 2. The van der Waals surface area contributed by atoms with Crippen molar-refractivity contribution in [3.8, 4) is 33.8 Å². The number of aryl methyl sites for hydroxylation is 2. The molecular formula is C20H19N3O3. The van der Waals surface area contributed by atoms with Crippen LogP contribution >= 0.6 is 0 Å². The fourth-order valence-corrected chi connectivity index (χ4v) is 3.27. The van der Waals surface area contributed by atoms with E-state index in [0.717, 1.165) is 39.2 Å². The van der Waals surface area contributed by atoms with Crippen molar-refractivity contribution < 1.29 is 14.0 Å². The Morgan fingerprint density at radius 2 is 1.81 bits per heavy atom. The highest BCUT2D eigenvalue weighted by Gasteiger charge is 2.17. The van der Waals surface area contributed by atoms with E-state index in [1.54, 1.807) is 20.5 Å². The third-order valence-electron chi connectivity index (χ3n) is 4.54. The zero-order valence-electron chi connectivity index (χ0n) is 15.1. The van der Waals surface area contributed by atoms with E-state index in [9.17, 15) is 0 Å². The average molecular weight is 349 g/mol. The maximum atomic E-state index is 5.44. The lowest BCUT2D eigenvalue weighted by molar-refractivity contribution is 0.355. The maximum absolute atomic E-state index is 5.44. The van der Waals surface area contributed by atoms with Crippen molar-refractivity contribution in [3.05, 3.63) is 54.4 Å². The first-order chi connectivity index (χ1) is 12.6. The molecular weight excluding hydrogens is 330 g/mol. The number of benzene rings is 1. The van der Waals surface area contributed by atoms with Gasteiger partial charge in [0.05, 0.1) is 38.0 Å². The predicted octanol–water partition coefficient (Wildman–Crippen LogP) is 4.29. The van der Waals surface area contributed by atoms with E-state index in [4.69, 9.17) is 14.0 Å². The van der Waals surface area contributed by atoms with Crippen molar-refractivity contribution in [2.45, 2.75) is 13.8 Å². The van der Waals surface area contributed by atoms with Gasteiger partial charge in [-0.1, -0.05) is 11.2 Å². The van der Waals surface area contributed by atoms with Crippen LogP contribution in [0.5, 0.6) is 11.5 Å². The van der Waals surface area contributed by atoms with Gasteiger partial charge in [-0.2, -0.15) is 0 Å². The van der Waals surface area contributed by atoms with Crippen LogP contribution in [0, 0.1) is 13.8 Å². The Kier molecular flexibility index (Phi) is 3.88.